The van der Waals surface area contributed by atoms with Crippen molar-refractivity contribution in [1.29, 1.82) is 0 Å². The molecule has 7 heteroatoms. The molecule has 2 aromatic carbocycles. The molecule has 4 rings (SSSR count). The van der Waals surface area contributed by atoms with E-state index >= 15 is 0 Å². The van der Waals surface area contributed by atoms with Crippen LogP contribution in [0.4, 0.5) is 4.39 Å². The van der Waals surface area contributed by atoms with Gasteiger partial charge in [0.15, 0.2) is 0 Å². The van der Waals surface area contributed by atoms with Gasteiger partial charge in [0.1, 0.15) is 11.3 Å². The number of carbonyl (C=O) groups is 1. The first-order valence-corrected chi connectivity index (χ1v) is 10.5. The number of aromatic nitrogens is 3. The van der Waals surface area contributed by atoms with Gasteiger partial charge in [-0.1, -0.05) is 24.3 Å². The fourth-order valence-corrected chi connectivity index (χ4v) is 3.61. The van der Waals surface area contributed by atoms with E-state index in [4.69, 9.17) is 0 Å². The Kier molecular flexibility index (Phi) is 5.90. The molecule has 0 aliphatic heterocycles. The van der Waals surface area contributed by atoms with E-state index in [9.17, 15) is 14.0 Å². The van der Waals surface area contributed by atoms with Gasteiger partial charge in [-0.3, -0.25) is 9.59 Å². The second-order valence-electron chi connectivity index (χ2n) is 8.05. The highest BCUT2D eigenvalue weighted by Gasteiger charge is 2.13. The van der Waals surface area contributed by atoms with E-state index in [0.29, 0.717) is 5.52 Å². The molecule has 2 aromatic heterocycles. The van der Waals surface area contributed by atoms with Crippen molar-refractivity contribution in [3.05, 3.63) is 93.8 Å². The molecule has 4 aromatic rings. The molecule has 0 aliphatic rings. The van der Waals surface area contributed by atoms with E-state index < -0.39 is 0 Å². The van der Waals surface area contributed by atoms with Crippen molar-refractivity contribution in [3.8, 4) is 11.3 Å². The van der Waals surface area contributed by atoms with E-state index in [-0.39, 0.29) is 36.3 Å². The van der Waals surface area contributed by atoms with Crippen LogP contribution in [0, 0.1) is 19.7 Å². The van der Waals surface area contributed by atoms with Crippen molar-refractivity contribution < 1.29 is 9.18 Å². The molecule has 32 heavy (non-hydrogen) atoms. The van der Waals surface area contributed by atoms with Crippen LogP contribution in [-0.2, 0) is 11.3 Å². The van der Waals surface area contributed by atoms with E-state index in [0.717, 1.165) is 22.4 Å². The predicted molar refractivity (Wildman–Crippen MR) is 122 cm³/mol. The Hall–Kier alpha value is -3.74. The number of rotatable bonds is 6. The summed E-state index contributed by atoms with van der Waals surface area (Å²) in [7, 11) is 0. The molecular formula is C25H25FN4O2. The van der Waals surface area contributed by atoms with E-state index in [2.05, 4.69) is 23.4 Å². The lowest BCUT2D eigenvalue weighted by Crippen LogP contribution is -2.29. The molecule has 1 amide bonds. The highest BCUT2D eigenvalue weighted by Crippen LogP contribution is 2.21. The lowest BCUT2D eigenvalue weighted by molar-refractivity contribution is -0.121. The molecule has 0 spiro atoms. The van der Waals surface area contributed by atoms with Crippen LogP contribution in [0.25, 0.3) is 16.8 Å². The van der Waals surface area contributed by atoms with Gasteiger partial charge in [-0.25, -0.2) is 8.91 Å². The molecule has 6 nitrogen and oxygen atoms in total. The maximum Gasteiger partial charge on any atom is 0.276 e. The van der Waals surface area contributed by atoms with Gasteiger partial charge < -0.3 is 9.88 Å². The minimum atomic E-state index is -0.317. The molecule has 0 aliphatic carbocycles. The largest absolute Gasteiger partial charge is 0.350 e. The van der Waals surface area contributed by atoms with Crippen molar-refractivity contribution in [2.24, 2.45) is 0 Å². The number of aryl methyl sites for hydroxylation is 3. The third kappa shape index (κ3) is 4.46. The molecule has 0 fully saturated rings. The fraction of sp³-hybridized carbons (Fsp3) is 0.240. The maximum atomic E-state index is 13.1. The van der Waals surface area contributed by atoms with Crippen molar-refractivity contribution in [3.63, 3.8) is 0 Å². The van der Waals surface area contributed by atoms with Gasteiger partial charge in [-0.15, -0.1) is 0 Å². The maximum absolute atomic E-state index is 13.1. The summed E-state index contributed by atoms with van der Waals surface area (Å²) in [5, 5.41) is 7.41. The number of nitrogens with one attached hydrogen (secondary N) is 1. The predicted octanol–water partition coefficient (Wildman–Crippen LogP) is 4.19. The Bertz CT molecular complexity index is 1340. The number of hydrogen-bond donors (Lipinski definition) is 1. The lowest BCUT2D eigenvalue weighted by Gasteiger charge is -2.14. The highest BCUT2D eigenvalue weighted by molar-refractivity contribution is 5.76. The number of hydrogen-bond acceptors (Lipinski definition) is 3. The summed E-state index contributed by atoms with van der Waals surface area (Å²) < 4.78 is 16.2. The normalized spacial score (nSPS) is 12.1. The summed E-state index contributed by atoms with van der Waals surface area (Å²) in [4.78, 5) is 25.3. The molecule has 0 radical (unpaired) electrons. The third-order valence-electron chi connectivity index (χ3n) is 5.73. The first-order chi connectivity index (χ1) is 15.3. The average molecular weight is 432 g/mol. The van der Waals surface area contributed by atoms with Gasteiger partial charge in [0.05, 0.1) is 11.7 Å². The monoisotopic (exact) mass is 432 g/mol. The quantitative estimate of drug-likeness (QED) is 0.497. The second kappa shape index (κ2) is 8.78. The number of carbonyl (C=O) groups excluding carboxylic acids is 1. The van der Waals surface area contributed by atoms with Gasteiger partial charge in [-0.2, -0.15) is 5.10 Å². The zero-order valence-corrected chi connectivity index (χ0v) is 18.3. The molecule has 1 atom stereocenters. The highest BCUT2D eigenvalue weighted by atomic mass is 19.1. The summed E-state index contributed by atoms with van der Waals surface area (Å²) in [6, 6.07) is 13.6. The van der Waals surface area contributed by atoms with Crippen molar-refractivity contribution >= 4 is 11.4 Å². The van der Waals surface area contributed by atoms with E-state index in [1.165, 1.54) is 22.3 Å². The van der Waals surface area contributed by atoms with Crippen molar-refractivity contribution in [1.82, 2.24) is 19.5 Å². The molecule has 0 saturated heterocycles. The summed E-state index contributed by atoms with van der Waals surface area (Å²) in [6.07, 6.45) is 3.52. The number of halogens is 1. The lowest BCUT2D eigenvalue weighted by atomic mass is 10.0. The Morgan fingerprint density at radius 2 is 1.81 bits per heavy atom. The van der Waals surface area contributed by atoms with Crippen molar-refractivity contribution in [2.75, 3.05) is 0 Å². The van der Waals surface area contributed by atoms with Crippen LogP contribution < -0.4 is 10.9 Å². The zero-order chi connectivity index (χ0) is 22.8. The molecule has 1 unspecified atom stereocenters. The topological polar surface area (TPSA) is 68.4 Å². The minimum Gasteiger partial charge on any atom is -0.350 e. The van der Waals surface area contributed by atoms with E-state index in [1.807, 2.05) is 26.0 Å². The van der Waals surface area contributed by atoms with Crippen LogP contribution in [0.1, 0.15) is 36.1 Å². The first-order valence-electron chi connectivity index (χ1n) is 10.5. The Morgan fingerprint density at radius 1 is 1.06 bits per heavy atom. The summed E-state index contributed by atoms with van der Waals surface area (Å²) in [6.45, 7) is 6.19. The van der Waals surface area contributed by atoms with Crippen LogP contribution in [0.2, 0.25) is 0 Å². The minimum absolute atomic E-state index is 0.153. The molecule has 2 heterocycles. The molecule has 164 valence electrons. The molecule has 0 saturated carbocycles. The van der Waals surface area contributed by atoms with Gasteiger partial charge >= 0.3 is 0 Å². The number of nitrogens with zero attached hydrogens (tertiary/aromatic N) is 3. The van der Waals surface area contributed by atoms with Crippen LogP contribution in [0.5, 0.6) is 0 Å². The van der Waals surface area contributed by atoms with Crippen molar-refractivity contribution in [2.45, 2.75) is 39.8 Å². The summed E-state index contributed by atoms with van der Waals surface area (Å²) in [5.74, 6) is -0.500. The summed E-state index contributed by atoms with van der Waals surface area (Å²) >= 11 is 0. The van der Waals surface area contributed by atoms with Gasteiger partial charge in [0.2, 0.25) is 5.91 Å². The molecule has 1 N–H and O–H groups in total. The molecule has 0 bridgehead atoms. The smallest absolute Gasteiger partial charge is 0.276 e. The SMILES string of the molecule is Cc1ccc(-c2cc3c(=O)n(CCC(=O)NC(C)c4ccc(F)cc4)ccn3n2)cc1C. The van der Waals surface area contributed by atoms with Gasteiger partial charge in [-0.05, 0) is 61.7 Å². The zero-order valence-electron chi connectivity index (χ0n) is 18.3. The Morgan fingerprint density at radius 3 is 2.53 bits per heavy atom. The van der Waals surface area contributed by atoms with Gasteiger partial charge in [0, 0.05) is 30.9 Å². The Balaban J connectivity index is 1.47. The summed E-state index contributed by atoms with van der Waals surface area (Å²) in [5.41, 5.74) is 5.13. The number of fused-ring (bicyclic) bond motifs is 1. The van der Waals surface area contributed by atoms with E-state index in [1.54, 1.807) is 35.1 Å². The standard InChI is InChI=1S/C25H25FN4O2/c1-16-4-5-20(14-17(16)2)22-15-23-25(32)29(12-13-30(23)28-22)11-10-24(31)27-18(3)19-6-8-21(26)9-7-19/h4-9,12-15,18H,10-11H2,1-3H3,(H,27,31). The number of amides is 1. The third-order valence-corrected chi connectivity index (χ3v) is 5.73. The number of benzene rings is 2. The van der Waals surface area contributed by atoms with Crippen LogP contribution >= 0.6 is 0 Å². The fourth-order valence-electron chi connectivity index (χ4n) is 3.61. The van der Waals surface area contributed by atoms with Crippen LogP contribution in [0.15, 0.2) is 65.7 Å². The van der Waals surface area contributed by atoms with Crippen LogP contribution in [-0.4, -0.2) is 20.1 Å². The average Bonchev–Trinajstić information content (AvgIpc) is 3.21. The molecular weight excluding hydrogens is 407 g/mol. The first kappa shape index (κ1) is 21.5. The second-order valence-corrected chi connectivity index (χ2v) is 8.05. The Labute approximate surface area is 185 Å². The van der Waals surface area contributed by atoms with Crippen LogP contribution in [0.3, 0.4) is 0 Å². The van der Waals surface area contributed by atoms with Gasteiger partial charge in [0.25, 0.3) is 5.56 Å².